The third kappa shape index (κ3) is 1.69. The average molecular weight is 236 g/mol. The summed E-state index contributed by atoms with van der Waals surface area (Å²) in [5, 5.41) is 10.3. The fourth-order valence-electron chi connectivity index (χ4n) is 1.57. The van der Waals surface area contributed by atoms with E-state index in [1.807, 2.05) is 0 Å². The number of hydrogen-bond acceptors (Lipinski definition) is 5. The van der Waals surface area contributed by atoms with E-state index in [4.69, 9.17) is 4.74 Å². The standard InChI is InChI=1S/C10H12N4O3/c1-4-17-10(16)7-5(2)13-14-8(7)12-11-6(3)9(14)15/h13H,4H2,1-3H3. The molecule has 2 aromatic rings. The second kappa shape index (κ2) is 4.00. The zero-order chi connectivity index (χ0) is 12.6. The topological polar surface area (TPSA) is 89.4 Å². The van der Waals surface area contributed by atoms with E-state index in [9.17, 15) is 9.59 Å². The zero-order valence-corrected chi connectivity index (χ0v) is 9.77. The molecule has 7 nitrogen and oxygen atoms in total. The molecule has 2 heterocycles. The number of rotatable bonds is 2. The number of hydrogen-bond donors (Lipinski definition) is 1. The van der Waals surface area contributed by atoms with Crippen LogP contribution in [-0.2, 0) is 4.74 Å². The van der Waals surface area contributed by atoms with E-state index < -0.39 is 5.97 Å². The minimum absolute atomic E-state index is 0.191. The Hall–Kier alpha value is -2.18. The molecule has 0 unspecified atom stereocenters. The van der Waals surface area contributed by atoms with Gasteiger partial charge in [-0.05, 0) is 20.8 Å². The molecule has 0 amide bonds. The van der Waals surface area contributed by atoms with Crippen LogP contribution < -0.4 is 5.56 Å². The van der Waals surface area contributed by atoms with E-state index in [-0.39, 0.29) is 29.1 Å². The summed E-state index contributed by atoms with van der Waals surface area (Å²) in [4.78, 5) is 23.5. The van der Waals surface area contributed by atoms with E-state index in [1.54, 1.807) is 20.8 Å². The minimum Gasteiger partial charge on any atom is -0.462 e. The van der Waals surface area contributed by atoms with Crippen molar-refractivity contribution in [3.63, 3.8) is 0 Å². The number of H-pyrrole nitrogens is 1. The molecule has 0 aliphatic rings. The van der Waals surface area contributed by atoms with Crippen molar-refractivity contribution >= 4 is 11.6 Å². The monoisotopic (exact) mass is 236 g/mol. The second-order valence-corrected chi connectivity index (χ2v) is 3.58. The van der Waals surface area contributed by atoms with Gasteiger partial charge < -0.3 is 4.74 Å². The lowest BCUT2D eigenvalue weighted by molar-refractivity contribution is 0.0527. The van der Waals surface area contributed by atoms with Gasteiger partial charge in [-0.3, -0.25) is 9.89 Å². The first-order chi connectivity index (χ1) is 8.06. The Balaban J connectivity index is 2.73. The van der Waals surface area contributed by atoms with Crippen LogP contribution in [0.4, 0.5) is 0 Å². The van der Waals surface area contributed by atoms with Crippen LogP contribution in [0.3, 0.4) is 0 Å². The van der Waals surface area contributed by atoms with Crippen LogP contribution in [-0.4, -0.2) is 32.4 Å². The predicted octanol–water partition coefficient (Wildman–Crippen LogP) is 0.211. The Kier molecular flexibility index (Phi) is 2.66. The lowest BCUT2D eigenvalue weighted by Crippen LogP contribution is -2.20. The van der Waals surface area contributed by atoms with Crippen molar-refractivity contribution in [1.29, 1.82) is 0 Å². The largest absolute Gasteiger partial charge is 0.462 e. The van der Waals surface area contributed by atoms with Crippen molar-refractivity contribution in [2.45, 2.75) is 20.8 Å². The van der Waals surface area contributed by atoms with E-state index in [0.29, 0.717) is 5.69 Å². The number of carbonyl (C=O) groups excluding carboxylic acids is 1. The molecule has 0 atom stereocenters. The van der Waals surface area contributed by atoms with Gasteiger partial charge in [0.2, 0.25) is 0 Å². The van der Waals surface area contributed by atoms with Crippen LogP contribution in [0.25, 0.3) is 5.65 Å². The molecule has 0 aliphatic carbocycles. The predicted molar refractivity (Wildman–Crippen MR) is 59.0 cm³/mol. The molecule has 0 saturated heterocycles. The normalized spacial score (nSPS) is 10.8. The molecular weight excluding hydrogens is 224 g/mol. The lowest BCUT2D eigenvalue weighted by atomic mass is 10.2. The van der Waals surface area contributed by atoms with Crippen molar-refractivity contribution in [2.24, 2.45) is 0 Å². The van der Waals surface area contributed by atoms with E-state index in [0.717, 1.165) is 0 Å². The molecule has 0 aromatic carbocycles. The quantitative estimate of drug-likeness (QED) is 0.753. The van der Waals surface area contributed by atoms with Crippen LogP contribution in [0.5, 0.6) is 0 Å². The first-order valence-corrected chi connectivity index (χ1v) is 5.18. The Bertz CT molecular complexity index is 641. The highest BCUT2D eigenvalue weighted by molar-refractivity contribution is 5.96. The Morgan fingerprint density at radius 2 is 2.12 bits per heavy atom. The van der Waals surface area contributed by atoms with E-state index in [2.05, 4.69) is 15.3 Å². The number of aromatic nitrogens is 4. The molecule has 0 radical (unpaired) electrons. The molecule has 0 fully saturated rings. The van der Waals surface area contributed by atoms with Gasteiger partial charge in [0.25, 0.3) is 5.56 Å². The van der Waals surface area contributed by atoms with Crippen molar-refractivity contribution in [3.8, 4) is 0 Å². The zero-order valence-electron chi connectivity index (χ0n) is 9.77. The van der Waals surface area contributed by atoms with E-state index in [1.165, 1.54) is 4.52 Å². The van der Waals surface area contributed by atoms with Gasteiger partial charge in [-0.25, -0.2) is 4.79 Å². The van der Waals surface area contributed by atoms with Crippen LogP contribution in [0.1, 0.15) is 28.7 Å². The van der Waals surface area contributed by atoms with Crippen molar-refractivity contribution in [1.82, 2.24) is 19.8 Å². The fraction of sp³-hybridized carbons (Fsp3) is 0.400. The fourth-order valence-corrected chi connectivity index (χ4v) is 1.57. The lowest BCUT2D eigenvalue weighted by Gasteiger charge is -1.99. The number of fused-ring (bicyclic) bond motifs is 1. The van der Waals surface area contributed by atoms with Crippen molar-refractivity contribution < 1.29 is 9.53 Å². The number of aryl methyl sites for hydroxylation is 2. The molecule has 0 aliphatic heterocycles. The summed E-state index contributed by atoms with van der Waals surface area (Å²) in [7, 11) is 0. The smallest absolute Gasteiger partial charge is 0.343 e. The molecule has 1 N–H and O–H groups in total. The highest BCUT2D eigenvalue weighted by atomic mass is 16.5. The van der Waals surface area contributed by atoms with Gasteiger partial charge in [0, 0.05) is 5.69 Å². The third-order valence-corrected chi connectivity index (χ3v) is 2.38. The summed E-state index contributed by atoms with van der Waals surface area (Å²) in [5.41, 5.74) is 0.904. The molecule has 0 saturated carbocycles. The average Bonchev–Trinajstić information content (AvgIpc) is 2.61. The minimum atomic E-state index is -0.513. The first-order valence-electron chi connectivity index (χ1n) is 5.18. The molecule has 7 heteroatoms. The number of esters is 1. The van der Waals surface area contributed by atoms with Crippen molar-refractivity contribution in [3.05, 3.63) is 27.3 Å². The third-order valence-electron chi connectivity index (χ3n) is 2.38. The maximum Gasteiger partial charge on any atom is 0.343 e. The van der Waals surface area contributed by atoms with Gasteiger partial charge >= 0.3 is 5.97 Å². The second-order valence-electron chi connectivity index (χ2n) is 3.58. The molecule has 90 valence electrons. The summed E-state index contributed by atoms with van der Waals surface area (Å²) in [6, 6.07) is 0. The van der Waals surface area contributed by atoms with Gasteiger partial charge in [0.05, 0.1) is 6.61 Å². The maximum absolute atomic E-state index is 11.8. The molecule has 17 heavy (non-hydrogen) atoms. The molecule has 2 rings (SSSR count). The first kappa shape index (κ1) is 11.3. The van der Waals surface area contributed by atoms with Gasteiger partial charge in [0.15, 0.2) is 5.65 Å². The van der Waals surface area contributed by atoms with Crippen molar-refractivity contribution in [2.75, 3.05) is 6.61 Å². The maximum atomic E-state index is 11.8. The number of nitrogens with one attached hydrogen (secondary N) is 1. The molecule has 2 aromatic heterocycles. The SMILES string of the molecule is CCOC(=O)c1c(C)[nH]n2c(=O)c(C)nnc12. The highest BCUT2D eigenvalue weighted by Gasteiger charge is 2.20. The summed E-state index contributed by atoms with van der Waals surface area (Å²) < 4.78 is 6.10. The Morgan fingerprint density at radius 3 is 2.76 bits per heavy atom. The van der Waals surface area contributed by atoms with Crippen LogP contribution in [0, 0.1) is 13.8 Å². The molecule has 0 bridgehead atoms. The van der Waals surface area contributed by atoms with Crippen LogP contribution in [0.2, 0.25) is 0 Å². The van der Waals surface area contributed by atoms with Gasteiger partial charge in [0.1, 0.15) is 11.3 Å². The van der Waals surface area contributed by atoms with Crippen LogP contribution >= 0.6 is 0 Å². The molecular formula is C10H12N4O3. The number of ether oxygens (including phenoxy) is 1. The van der Waals surface area contributed by atoms with Gasteiger partial charge in [-0.2, -0.15) is 4.52 Å². The number of carbonyl (C=O) groups is 1. The highest BCUT2D eigenvalue weighted by Crippen LogP contribution is 2.12. The number of nitrogens with zero attached hydrogens (tertiary/aromatic N) is 3. The summed E-state index contributed by atoms with van der Waals surface area (Å²) in [6.45, 7) is 5.21. The Morgan fingerprint density at radius 1 is 1.41 bits per heavy atom. The number of aromatic amines is 1. The van der Waals surface area contributed by atoms with Gasteiger partial charge in [-0.15, -0.1) is 10.2 Å². The Labute approximate surface area is 96.4 Å². The molecule has 0 spiro atoms. The van der Waals surface area contributed by atoms with Crippen LogP contribution in [0.15, 0.2) is 4.79 Å². The van der Waals surface area contributed by atoms with Gasteiger partial charge in [-0.1, -0.05) is 0 Å². The summed E-state index contributed by atoms with van der Waals surface area (Å²) in [6.07, 6.45) is 0. The summed E-state index contributed by atoms with van der Waals surface area (Å²) >= 11 is 0. The van der Waals surface area contributed by atoms with E-state index >= 15 is 0 Å². The summed E-state index contributed by atoms with van der Waals surface area (Å²) in [5.74, 6) is -0.513.